The normalized spacial score (nSPS) is 26.7. The molecule has 1 saturated heterocycles. The van der Waals surface area contributed by atoms with Crippen molar-refractivity contribution in [3.8, 4) is 0 Å². The second-order valence-electron chi connectivity index (χ2n) is 4.60. The minimum Gasteiger partial charge on any atom is -0.465 e. The number of carbonyl (C=O) groups excluding carboxylic acids is 1. The molecule has 16 heavy (non-hydrogen) atoms. The number of nitrogens with one attached hydrogen (secondary N) is 1. The molecule has 0 aromatic carbocycles. The Morgan fingerprint density at radius 1 is 1.56 bits per heavy atom. The molecule has 2 unspecified atom stereocenters. The quantitative estimate of drug-likeness (QED) is 0.701. The van der Waals surface area contributed by atoms with Gasteiger partial charge in [0.25, 0.3) is 0 Å². The van der Waals surface area contributed by atoms with Gasteiger partial charge in [-0.3, -0.25) is 10.1 Å². The summed E-state index contributed by atoms with van der Waals surface area (Å²) in [4.78, 5) is 11.7. The van der Waals surface area contributed by atoms with Crippen LogP contribution in [0.1, 0.15) is 40.0 Å². The molecule has 94 valence electrons. The first-order valence-electron chi connectivity index (χ1n) is 6.13. The molecule has 0 amide bonds. The Morgan fingerprint density at radius 3 is 2.81 bits per heavy atom. The summed E-state index contributed by atoms with van der Waals surface area (Å²) in [7, 11) is 0. The molecule has 0 spiro atoms. The lowest BCUT2D eigenvalue weighted by atomic mass is 9.99. The van der Waals surface area contributed by atoms with Crippen molar-refractivity contribution in [3.05, 3.63) is 0 Å². The molecule has 0 radical (unpaired) electrons. The van der Waals surface area contributed by atoms with Gasteiger partial charge in [0.1, 0.15) is 6.04 Å². The number of hydrogen-bond acceptors (Lipinski definition) is 4. The highest BCUT2D eigenvalue weighted by Gasteiger charge is 2.34. The second kappa shape index (κ2) is 6.21. The molecular formula is C12H23NO3. The van der Waals surface area contributed by atoms with Crippen molar-refractivity contribution in [2.24, 2.45) is 0 Å². The van der Waals surface area contributed by atoms with Gasteiger partial charge in [0.05, 0.1) is 13.2 Å². The second-order valence-corrected chi connectivity index (χ2v) is 4.60. The van der Waals surface area contributed by atoms with Crippen LogP contribution < -0.4 is 5.32 Å². The van der Waals surface area contributed by atoms with E-state index < -0.39 is 0 Å². The average molecular weight is 229 g/mol. The number of ether oxygens (including phenoxy) is 2. The molecule has 2 atom stereocenters. The smallest absolute Gasteiger partial charge is 0.323 e. The zero-order valence-electron chi connectivity index (χ0n) is 10.5. The molecular weight excluding hydrogens is 206 g/mol. The third-order valence-electron chi connectivity index (χ3n) is 2.89. The molecule has 0 bridgehead atoms. The van der Waals surface area contributed by atoms with Crippen LogP contribution in [0.2, 0.25) is 0 Å². The summed E-state index contributed by atoms with van der Waals surface area (Å²) in [6.45, 7) is 7.89. The van der Waals surface area contributed by atoms with Gasteiger partial charge in [0, 0.05) is 12.1 Å². The third kappa shape index (κ3) is 3.76. The largest absolute Gasteiger partial charge is 0.465 e. The molecule has 1 aliphatic heterocycles. The van der Waals surface area contributed by atoms with E-state index in [0.29, 0.717) is 13.2 Å². The van der Waals surface area contributed by atoms with E-state index in [1.807, 2.05) is 6.92 Å². The van der Waals surface area contributed by atoms with E-state index in [-0.39, 0.29) is 17.6 Å². The zero-order valence-corrected chi connectivity index (χ0v) is 10.5. The van der Waals surface area contributed by atoms with Gasteiger partial charge in [-0.2, -0.15) is 0 Å². The summed E-state index contributed by atoms with van der Waals surface area (Å²) in [6.07, 6.45) is 2.73. The summed E-state index contributed by atoms with van der Waals surface area (Å²) >= 11 is 0. The zero-order chi connectivity index (χ0) is 12.0. The number of hydrogen-bond donors (Lipinski definition) is 1. The van der Waals surface area contributed by atoms with Crippen LogP contribution in [0.3, 0.4) is 0 Å². The standard InChI is InChI=1S/C12H23NO3/c1-4-6-10(11(14)16-5-2)13-12(3)7-8-15-9-12/h10,13H,4-9H2,1-3H3. The molecule has 0 aromatic rings. The van der Waals surface area contributed by atoms with Crippen LogP contribution in [0.15, 0.2) is 0 Å². The number of esters is 1. The SMILES string of the molecule is CCCC(NC1(C)CCOC1)C(=O)OCC. The van der Waals surface area contributed by atoms with Gasteiger partial charge in [-0.15, -0.1) is 0 Å². The lowest BCUT2D eigenvalue weighted by molar-refractivity contribution is -0.146. The first-order chi connectivity index (χ1) is 7.61. The lowest BCUT2D eigenvalue weighted by Gasteiger charge is -2.29. The Labute approximate surface area is 97.7 Å². The summed E-state index contributed by atoms with van der Waals surface area (Å²) in [5.41, 5.74) is -0.0768. The van der Waals surface area contributed by atoms with Crippen LogP contribution in [-0.2, 0) is 14.3 Å². The molecule has 4 nitrogen and oxygen atoms in total. The topological polar surface area (TPSA) is 47.6 Å². The van der Waals surface area contributed by atoms with E-state index in [4.69, 9.17) is 9.47 Å². The Hall–Kier alpha value is -0.610. The fourth-order valence-electron chi connectivity index (χ4n) is 1.98. The maximum atomic E-state index is 11.7. The summed E-state index contributed by atoms with van der Waals surface area (Å²) in [6, 6.07) is -0.198. The van der Waals surface area contributed by atoms with Crippen LogP contribution in [-0.4, -0.2) is 37.4 Å². The molecule has 0 aliphatic carbocycles. The van der Waals surface area contributed by atoms with Gasteiger partial charge in [0.2, 0.25) is 0 Å². The highest BCUT2D eigenvalue weighted by atomic mass is 16.5. The molecule has 0 aromatic heterocycles. The van der Waals surface area contributed by atoms with Crippen LogP contribution in [0.25, 0.3) is 0 Å². The minimum atomic E-state index is -0.198. The predicted molar refractivity (Wildman–Crippen MR) is 62.3 cm³/mol. The first kappa shape index (κ1) is 13.5. The fourth-order valence-corrected chi connectivity index (χ4v) is 1.98. The van der Waals surface area contributed by atoms with E-state index in [1.54, 1.807) is 0 Å². The molecule has 4 heteroatoms. The lowest BCUT2D eigenvalue weighted by Crippen LogP contribution is -2.52. The summed E-state index contributed by atoms with van der Waals surface area (Å²) < 4.78 is 10.4. The van der Waals surface area contributed by atoms with Crippen molar-refractivity contribution in [3.63, 3.8) is 0 Å². The van der Waals surface area contributed by atoms with E-state index in [2.05, 4.69) is 19.2 Å². The van der Waals surface area contributed by atoms with Crippen LogP contribution in [0.5, 0.6) is 0 Å². The van der Waals surface area contributed by atoms with Crippen LogP contribution in [0, 0.1) is 0 Å². The van der Waals surface area contributed by atoms with Crippen LogP contribution in [0.4, 0.5) is 0 Å². The highest BCUT2D eigenvalue weighted by molar-refractivity contribution is 5.75. The maximum absolute atomic E-state index is 11.7. The van der Waals surface area contributed by atoms with Crippen LogP contribution >= 0.6 is 0 Å². The van der Waals surface area contributed by atoms with Gasteiger partial charge in [0.15, 0.2) is 0 Å². The van der Waals surface area contributed by atoms with Gasteiger partial charge in [-0.1, -0.05) is 13.3 Å². The third-order valence-corrected chi connectivity index (χ3v) is 2.89. The van der Waals surface area contributed by atoms with E-state index in [0.717, 1.165) is 25.9 Å². The van der Waals surface area contributed by atoms with Crippen molar-refractivity contribution in [2.45, 2.75) is 51.6 Å². The molecule has 1 heterocycles. The molecule has 1 aliphatic rings. The Morgan fingerprint density at radius 2 is 2.31 bits per heavy atom. The van der Waals surface area contributed by atoms with Crippen molar-refractivity contribution >= 4 is 5.97 Å². The Balaban J connectivity index is 2.52. The average Bonchev–Trinajstić information content (AvgIpc) is 2.65. The van der Waals surface area contributed by atoms with Gasteiger partial charge >= 0.3 is 5.97 Å². The first-order valence-corrected chi connectivity index (χ1v) is 6.13. The maximum Gasteiger partial charge on any atom is 0.323 e. The molecule has 0 saturated carbocycles. The van der Waals surface area contributed by atoms with Gasteiger partial charge in [-0.05, 0) is 26.7 Å². The predicted octanol–water partition coefficient (Wildman–Crippen LogP) is 1.49. The van der Waals surface area contributed by atoms with Crippen molar-refractivity contribution in [2.75, 3.05) is 19.8 Å². The van der Waals surface area contributed by atoms with E-state index in [1.165, 1.54) is 0 Å². The van der Waals surface area contributed by atoms with Crippen molar-refractivity contribution in [1.82, 2.24) is 5.32 Å². The Bertz CT molecular complexity index is 224. The number of carbonyl (C=O) groups is 1. The monoisotopic (exact) mass is 229 g/mol. The van der Waals surface area contributed by atoms with Gasteiger partial charge < -0.3 is 9.47 Å². The molecule has 1 N–H and O–H groups in total. The highest BCUT2D eigenvalue weighted by Crippen LogP contribution is 2.19. The minimum absolute atomic E-state index is 0.0768. The summed E-state index contributed by atoms with van der Waals surface area (Å²) in [5.74, 6) is -0.141. The van der Waals surface area contributed by atoms with E-state index in [9.17, 15) is 4.79 Å². The molecule has 1 rings (SSSR count). The van der Waals surface area contributed by atoms with Crippen molar-refractivity contribution in [1.29, 1.82) is 0 Å². The fraction of sp³-hybridized carbons (Fsp3) is 0.917. The van der Waals surface area contributed by atoms with Gasteiger partial charge in [-0.25, -0.2) is 0 Å². The summed E-state index contributed by atoms with van der Waals surface area (Å²) in [5, 5.41) is 3.38. The van der Waals surface area contributed by atoms with Crippen molar-refractivity contribution < 1.29 is 14.3 Å². The number of rotatable bonds is 6. The van der Waals surface area contributed by atoms with E-state index >= 15 is 0 Å². The molecule has 1 fully saturated rings. The Kier molecular flexibility index (Phi) is 5.22.